The number of halogens is 3. The largest absolute Gasteiger partial charge is 0.419 e. The van der Waals surface area contributed by atoms with Crippen molar-refractivity contribution in [1.82, 2.24) is 25.2 Å². The average molecular weight is 483 g/mol. The van der Waals surface area contributed by atoms with Gasteiger partial charge in [-0.2, -0.15) is 18.4 Å². The van der Waals surface area contributed by atoms with Gasteiger partial charge in [0.05, 0.1) is 17.7 Å². The maximum atomic E-state index is 13.8. The van der Waals surface area contributed by atoms with E-state index in [1.54, 1.807) is 23.1 Å². The molecule has 3 N–H and O–H groups in total. The second kappa shape index (κ2) is 9.19. The molecule has 11 heteroatoms. The molecular weight excluding hydrogens is 459 g/mol. The molecule has 2 aliphatic rings. The number of nitrogens with one attached hydrogen (secondary N) is 3. The summed E-state index contributed by atoms with van der Waals surface area (Å²) >= 11 is 0. The lowest BCUT2D eigenvalue weighted by Crippen LogP contribution is -2.38. The van der Waals surface area contributed by atoms with Gasteiger partial charge < -0.3 is 20.5 Å². The Morgan fingerprint density at radius 3 is 2.86 bits per heavy atom. The van der Waals surface area contributed by atoms with Crippen molar-refractivity contribution in [3.05, 3.63) is 41.7 Å². The Kier molecular flexibility index (Phi) is 6.06. The van der Waals surface area contributed by atoms with E-state index in [1.165, 1.54) is 6.20 Å². The molecule has 5 rings (SSSR count). The first-order chi connectivity index (χ1) is 16.8. The zero-order valence-electron chi connectivity index (χ0n) is 18.8. The lowest BCUT2D eigenvalue weighted by atomic mass is 10.0. The number of carbonyl (C=O) groups is 1. The second-order valence-electron chi connectivity index (χ2n) is 8.97. The van der Waals surface area contributed by atoms with Crippen molar-refractivity contribution in [2.24, 2.45) is 5.92 Å². The summed E-state index contributed by atoms with van der Waals surface area (Å²) in [6, 6.07) is 7.08. The van der Waals surface area contributed by atoms with Crippen LogP contribution in [-0.2, 0) is 6.18 Å². The van der Waals surface area contributed by atoms with Crippen molar-refractivity contribution in [2.45, 2.75) is 31.5 Å². The Labute approximate surface area is 199 Å². The molecule has 0 saturated carbocycles. The lowest BCUT2D eigenvalue weighted by molar-refractivity contribution is -0.137. The predicted molar refractivity (Wildman–Crippen MR) is 123 cm³/mol. The quantitative estimate of drug-likeness (QED) is 0.521. The highest BCUT2D eigenvalue weighted by Crippen LogP contribution is 2.39. The van der Waals surface area contributed by atoms with Crippen LogP contribution in [0.2, 0.25) is 0 Å². The molecule has 4 heterocycles. The van der Waals surface area contributed by atoms with Crippen molar-refractivity contribution in [2.75, 3.05) is 31.5 Å². The van der Waals surface area contributed by atoms with Crippen LogP contribution in [0.15, 0.2) is 30.6 Å². The molecule has 2 saturated heterocycles. The summed E-state index contributed by atoms with van der Waals surface area (Å²) in [5.74, 6) is -0.235. The molecule has 2 aromatic heterocycles. The SMILES string of the molecule is N#C[C@H]1CCN(C(=O)c2ccc3c(-c4nc(N[C@H]5CCCNC5)ncc4C(F)(F)F)c[nH]c3c2)C1. The van der Waals surface area contributed by atoms with Crippen molar-refractivity contribution in [1.29, 1.82) is 5.26 Å². The molecule has 1 aromatic carbocycles. The summed E-state index contributed by atoms with van der Waals surface area (Å²) in [6.45, 7) is 2.49. The van der Waals surface area contributed by atoms with E-state index in [4.69, 9.17) is 5.26 Å². The van der Waals surface area contributed by atoms with E-state index >= 15 is 0 Å². The first kappa shape index (κ1) is 23.1. The third kappa shape index (κ3) is 4.66. The number of fused-ring (bicyclic) bond motifs is 1. The van der Waals surface area contributed by atoms with E-state index in [9.17, 15) is 18.0 Å². The number of benzene rings is 1. The second-order valence-corrected chi connectivity index (χ2v) is 8.97. The maximum Gasteiger partial charge on any atom is 0.419 e. The van der Waals surface area contributed by atoms with Gasteiger partial charge in [0.15, 0.2) is 0 Å². The van der Waals surface area contributed by atoms with Crippen LogP contribution in [-0.4, -0.2) is 58.0 Å². The number of carbonyl (C=O) groups excluding carboxylic acids is 1. The highest BCUT2D eigenvalue weighted by atomic mass is 19.4. The fraction of sp³-hybridized carbons (Fsp3) is 0.417. The summed E-state index contributed by atoms with van der Waals surface area (Å²) in [5.41, 5.74) is 0.0743. The third-order valence-electron chi connectivity index (χ3n) is 6.57. The molecule has 3 aromatic rings. The average Bonchev–Trinajstić information content (AvgIpc) is 3.50. The van der Waals surface area contributed by atoms with Gasteiger partial charge >= 0.3 is 6.18 Å². The molecule has 35 heavy (non-hydrogen) atoms. The van der Waals surface area contributed by atoms with Crippen LogP contribution >= 0.6 is 0 Å². The molecule has 2 atom stereocenters. The molecule has 0 bridgehead atoms. The first-order valence-electron chi connectivity index (χ1n) is 11.6. The number of nitrogens with zero attached hydrogens (tertiary/aromatic N) is 4. The highest BCUT2D eigenvalue weighted by molar-refractivity contribution is 6.02. The highest BCUT2D eigenvalue weighted by Gasteiger charge is 2.36. The number of amides is 1. The smallest absolute Gasteiger partial charge is 0.360 e. The van der Waals surface area contributed by atoms with E-state index in [-0.39, 0.29) is 35.1 Å². The molecule has 0 unspecified atom stereocenters. The van der Waals surface area contributed by atoms with Gasteiger partial charge in [0.25, 0.3) is 5.91 Å². The lowest BCUT2D eigenvalue weighted by Gasteiger charge is -2.24. The number of aromatic amines is 1. The van der Waals surface area contributed by atoms with Gasteiger partial charge in [-0.3, -0.25) is 4.79 Å². The van der Waals surface area contributed by atoms with Crippen LogP contribution in [0.3, 0.4) is 0 Å². The van der Waals surface area contributed by atoms with Crippen molar-refractivity contribution < 1.29 is 18.0 Å². The molecule has 0 spiro atoms. The third-order valence-corrected chi connectivity index (χ3v) is 6.57. The maximum absolute atomic E-state index is 13.8. The van der Waals surface area contributed by atoms with E-state index in [2.05, 4.69) is 31.7 Å². The van der Waals surface area contributed by atoms with Crippen LogP contribution < -0.4 is 10.6 Å². The van der Waals surface area contributed by atoms with Gasteiger partial charge in [0.1, 0.15) is 5.56 Å². The molecule has 1 amide bonds. The standard InChI is InChI=1S/C24H24F3N7O/c25-24(26,27)19-12-31-23(32-16-2-1-6-29-10-16)33-21(19)18-11-30-20-8-15(3-4-17(18)20)22(35)34-7-5-14(9-28)13-34/h3-4,8,11-12,14,16,29-30H,1-2,5-7,10,13H2,(H,31,32,33)/t14-,16+/m1/s1. The zero-order valence-corrected chi connectivity index (χ0v) is 18.8. The number of aromatic nitrogens is 3. The Morgan fingerprint density at radius 2 is 2.14 bits per heavy atom. The number of hydrogen-bond acceptors (Lipinski definition) is 6. The summed E-state index contributed by atoms with van der Waals surface area (Å²) in [4.78, 5) is 25.7. The molecule has 2 aliphatic heterocycles. The van der Waals surface area contributed by atoms with Crippen molar-refractivity contribution >= 4 is 22.8 Å². The zero-order chi connectivity index (χ0) is 24.6. The summed E-state index contributed by atoms with van der Waals surface area (Å²) in [6.07, 6.45) is 0.137. The fourth-order valence-electron chi connectivity index (χ4n) is 4.71. The predicted octanol–water partition coefficient (Wildman–Crippen LogP) is 3.79. The molecule has 2 fully saturated rings. The van der Waals surface area contributed by atoms with Gasteiger partial charge in [-0.15, -0.1) is 0 Å². The number of piperidine rings is 1. The van der Waals surface area contributed by atoms with Crippen LogP contribution in [0.4, 0.5) is 19.1 Å². The van der Waals surface area contributed by atoms with E-state index in [1.807, 2.05) is 0 Å². The van der Waals surface area contributed by atoms with Crippen molar-refractivity contribution in [3.63, 3.8) is 0 Å². The Hall–Kier alpha value is -3.65. The number of anilines is 1. The van der Waals surface area contributed by atoms with Crippen LogP contribution in [0.25, 0.3) is 22.2 Å². The summed E-state index contributed by atoms with van der Waals surface area (Å²) < 4.78 is 41.5. The summed E-state index contributed by atoms with van der Waals surface area (Å²) in [7, 11) is 0. The van der Waals surface area contributed by atoms with E-state index in [0.29, 0.717) is 42.5 Å². The van der Waals surface area contributed by atoms with Gasteiger partial charge in [-0.25, -0.2) is 9.97 Å². The van der Waals surface area contributed by atoms with Gasteiger partial charge in [0, 0.05) is 60.1 Å². The number of H-pyrrole nitrogens is 1. The fourth-order valence-corrected chi connectivity index (χ4v) is 4.71. The van der Waals surface area contributed by atoms with E-state index in [0.717, 1.165) is 25.6 Å². The molecule has 0 radical (unpaired) electrons. The minimum Gasteiger partial charge on any atom is -0.360 e. The van der Waals surface area contributed by atoms with Crippen LogP contribution in [0, 0.1) is 17.2 Å². The van der Waals surface area contributed by atoms with Gasteiger partial charge in [-0.1, -0.05) is 6.07 Å². The van der Waals surface area contributed by atoms with Crippen LogP contribution in [0.1, 0.15) is 35.2 Å². The number of rotatable bonds is 4. The monoisotopic (exact) mass is 483 g/mol. The number of nitriles is 1. The minimum absolute atomic E-state index is 0.0381. The molecule has 0 aliphatic carbocycles. The van der Waals surface area contributed by atoms with Gasteiger partial charge in [-0.05, 0) is 37.9 Å². The number of likely N-dealkylation sites (tertiary alicyclic amines) is 1. The normalized spacial score (nSPS) is 20.7. The van der Waals surface area contributed by atoms with Gasteiger partial charge in [0.2, 0.25) is 5.95 Å². The molecule has 182 valence electrons. The molecule has 8 nitrogen and oxygen atoms in total. The Balaban J connectivity index is 1.48. The molecular formula is C24H24F3N7O. The van der Waals surface area contributed by atoms with Crippen molar-refractivity contribution in [3.8, 4) is 17.3 Å². The van der Waals surface area contributed by atoms with E-state index < -0.39 is 11.7 Å². The summed E-state index contributed by atoms with van der Waals surface area (Å²) in [5, 5.41) is 16.0. The number of hydrogen-bond donors (Lipinski definition) is 3. The minimum atomic E-state index is -4.63. The Morgan fingerprint density at radius 1 is 1.29 bits per heavy atom. The Bertz CT molecular complexity index is 1290. The van der Waals surface area contributed by atoms with Crippen LogP contribution in [0.5, 0.6) is 0 Å². The topological polar surface area (TPSA) is 110 Å². The first-order valence-corrected chi connectivity index (χ1v) is 11.6. The number of alkyl halides is 3.